The van der Waals surface area contributed by atoms with Crippen LogP contribution in [0.15, 0.2) is 30.3 Å². The number of carbonyl (C=O) groups excluding carboxylic acids is 1. The van der Waals surface area contributed by atoms with Gasteiger partial charge in [0.1, 0.15) is 11.5 Å². The second kappa shape index (κ2) is 6.03. The molecule has 19 heavy (non-hydrogen) atoms. The summed E-state index contributed by atoms with van der Waals surface area (Å²) in [5, 5.41) is 10.7. The van der Waals surface area contributed by atoms with Gasteiger partial charge < -0.3 is 9.84 Å². The average molecular weight is 330 g/mol. The Hall–Kier alpha value is -0.910. The second-order valence-corrected chi connectivity index (χ2v) is 6.08. The van der Waals surface area contributed by atoms with Gasteiger partial charge in [0.2, 0.25) is 0 Å². The van der Waals surface area contributed by atoms with E-state index in [0.717, 1.165) is 0 Å². The van der Waals surface area contributed by atoms with Gasteiger partial charge in [-0.2, -0.15) is 0 Å². The van der Waals surface area contributed by atoms with Crippen LogP contribution in [0.3, 0.4) is 0 Å². The highest BCUT2D eigenvalue weighted by atomic mass is 79.9. The Labute approximate surface area is 122 Å². The number of nitrogens with two attached hydrogens (primary N) is 1. The standard InChI is InChI=1S/C14H20BrNO3/c1-13(2,3)19-12(17)11(9-15)14(16,18)10-7-5-4-6-8-10/h4-8,11,18H,9,16H2,1-3H3/t11-,14+/m0/s1. The third-order valence-electron chi connectivity index (χ3n) is 2.61. The number of alkyl halides is 1. The molecule has 0 heterocycles. The first-order valence-electron chi connectivity index (χ1n) is 6.04. The summed E-state index contributed by atoms with van der Waals surface area (Å²) in [5.41, 5.74) is 4.02. The van der Waals surface area contributed by atoms with Crippen molar-refractivity contribution < 1.29 is 14.6 Å². The molecule has 0 fully saturated rings. The molecule has 3 N–H and O–H groups in total. The molecule has 0 aliphatic heterocycles. The van der Waals surface area contributed by atoms with Gasteiger partial charge in [-0.25, -0.2) is 0 Å². The van der Waals surface area contributed by atoms with E-state index >= 15 is 0 Å². The van der Waals surface area contributed by atoms with Gasteiger partial charge in [0.15, 0.2) is 5.72 Å². The Morgan fingerprint density at radius 3 is 2.32 bits per heavy atom. The fraction of sp³-hybridized carbons (Fsp3) is 0.500. The molecule has 5 heteroatoms. The van der Waals surface area contributed by atoms with Gasteiger partial charge in [-0.15, -0.1) is 0 Å². The maximum absolute atomic E-state index is 12.1. The molecule has 0 spiro atoms. The maximum Gasteiger partial charge on any atom is 0.315 e. The lowest BCUT2D eigenvalue weighted by atomic mass is 9.91. The summed E-state index contributed by atoms with van der Waals surface area (Å²) in [7, 11) is 0. The van der Waals surface area contributed by atoms with E-state index in [0.29, 0.717) is 5.56 Å². The van der Waals surface area contributed by atoms with Crippen LogP contribution in [0.5, 0.6) is 0 Å². The van der Waals surface area contributed by atoms with Crippen LogP contribution in [-0.2, 0) is 15.3 Å². The number of rotatable bonds is 4. The molecule has 0 saturated heterocycles. The SMILES string of the molecule is CC(C)(C)OC(=O)[C@H](CBr)[C@](N)(O)c1ccccc1. The van der Waals surface area contributed by atoms with Crippen LogP contribution in [0, 0.1) is 5.92 Å². The van der Waals surface area contributed by atoms with Crippen molar-refractivity contribution in [3.05, 3.63) is 35.9 Å². The molecule has 0 unspecified atom stereocenters. The summed E-state index contributed by atoms with van der Waals surface area (Å²) in [5.74, 6) is -1.41. The molecule has 0 saturated carbocycles. The van der Waals surface area contributed by atoms with Crippen molar-refractivity contribution in [1.82, 2.24) is 0 Å². The van der Waals surface area contributed by atoms with Gasteiger partial charge in [0, 0.05) is 5.33 Å². The van der Waals surface area contributed by atoms with E-state index in [1.165, 1.54) is 0 Å². The molecule has 0 aliphatic carbocycles. The van der Waals surface area contributed by atoms with Crippen LogP contribution < -0.4 is 5.73 Å². The minimum Gasteiger partial charge on any atom is -0.460 e. The fourth-order valence-electron chi connectivity index (χ4n) is 1.64. The lowest BCUT2D eigenvalue weighted by Gasteiger charge is -2.32. The van der Waals surface area contributed by atoms with Gasteiger partial charge in [0.05, 0.1) is 0 Å². The lowest BCUT2D eigenvalue weighted by Crippen LogP contribution is -2.50. The Balaban J connectivity index is 2.99. The number of esters is 1. The van der Waals surface area contributed by atoms with E-state index in [4.69, 9.17) is 10.5 Å². The Bertz CT molecular complexity index is 426. The van der Waals surface area contributed by atoms with E-state index in [1.807, 2.05) is 6.07 Å². The summed E-state index contributed by atoms with van der Waals surface area (Å²) in [4.78, 5) is 12.1. The molecule has 1 aromatic rings. The summed E-state index contributed by atoms with van der Waals surface area (Å²) in [6, 6.07) is 8.69. The largest absolute Gasteiger partial charge is 0.460 e. The Morgan fingerprint density at radius 2 is 1.89 bits per heavy atom. The number of hydrogen-bond donors (Lipinski definition) is 2. The average Bonchev–Trinajstić information content (AvgIpc) is 2.28. The van der Waals surface area contributed by atoms with Crippen molar-refractivity contribution in [3.63, 3.8) is 0 Å². The van der Waals surface area contributed by atoms with Gasteiger partial charge >= 0.3 is 5.97 Å². The quantitative estimate of drug-likeness (QED) is 0.504. The minimum atomic E-state index is -1.77. The molecule has 0 aromatic heterocycles. The predicted octanol–water partition coefficient (Wildman–Crippen LogP) is 2.14. The van der Waals surface area contributed by atoms with Crippen LogP contribution >= 0.6 is 15.9 Å². The van der Waals surface area contributed by atoms with Gasteiger partial charge in [0.25, 0.3) is 0 Å². The number of ether oxygens (including phenoxy) is 1. The van der Waals surface area contributed by atoms with Gasteiger partial charge in [-0.3, -0.25) is 10.5 Å². The fourth-order valence-corrected chi connectivity index (χ4v) is 2.40. The smallest absolute Gasteiger partial charge is 0.315 e. The van der Waals surface area contributed by atoms with E-state index in [-0.39, 0.29) is 5.33 Å². The summed E-state index contributed by atoms with van der Waals surface area (Å²) in [6.07, 6.45) is 0. The molecule has 1 aromatic carbocycles. The van der Waals surface area contributed by atoms with E-state index in [1.54, 1.807) is 45.0 Å². The van der Waals surface area contributed by atoms with Crippen molar-refractivity contribution in [2.75, 3.05) is 5.33 Å². The lowest BCUT2D eigenvalue weighted by molar-refractivity contribution is -0.169. The molecular formula is C14H20BrNO3. The monoisotopic (exact) mass is 329 g/mol. The zero-order valence-electron chi connectivity index (χ0n) is 11.4. The molecule has 2 atom stereocenters. The number of carbonyl (C=O) groups is 1. The highest BCUT2D eigenvalue weighted by molar-refractivity contribution is 9.09. The molecule has 0 amide bonds. The maximum atomic E-state index is 12.1. The van der Waals surface area contributed by atoms with Crippen LogP contribution in [0.1, 0.15) is 26.3 Å². The highest BCUT2D eigenvalue weighted by Gasteiger charge is 2.41. The zero-order valence-corrected chi connectivity index (χ0v) is 13.0. The second-order valence-electron chi connectivity index (χ2n) is 5.43. The summed E-state index contributed by atoms with van der Waals surface area (Å²) >= 11 is 3.22. The molecule has 0 aliphatic rings. The summed E-state index contributed by atoms with van der Waals surface area (Å²) in [6.45, 7) is 5.32. The number of aliphatic hydroxyl groups is 1. The van der Waals surface area contributed by atoms with Crippen molar-refractivity contribution in [1.29, 1.82) is 0 Å². The van der Waals surface area contributed by atoms with Crippen molar-refractivity contribution in [2.24, 2.45) is 11.7 Å². The topological polar surface area (TPSA) is 72.5 Å². The molecule has 1 rings (SSSR count). The first-order chi connectivity index (χ1) is 8.68. The number of benzene rings is 1. The van der Waals surface area contributed by atoms with Crippen LogP contribution in [-0.4, -0.2) is 22.0 Å². The Kier molecular flexibility index (Phi) is 5.12. The third kappa shape index (κ3) is 4.30. The van der Waals surface area contributed by atoms with Crippen LogP contribution in [0.25, 0.3) is 0 Å². The Morgan fingerprint density at radius 1 is 1.37 bits per heavy atom. The van der Waals surface area contributed by atoms with E-state index in [9.17, 15) is 9.90 Å². The molecule has 0 bridgehead atoms. The predicted molar refractivity (Wildman–Crippen MR) is 77.7 cm³/mol. The first-order valence-corrected chi connectivity index (χ1v) is 7.16. The first kappa shape index (κ1) is 16.1. The number of halogens is 1. The third-order valence-corrected chi connectivity index (χ3v) is 3.26. The van der Waals surface area contributed by atoms with Crippen molar-refractivity contribution in [2.45, 2.75) is 32.1 Å². The van der Waals surface area contributed by atoms with Crippen molar-refractivity contribution >= 4 is 21.9 Å². The van der Waals surface area contributed by atoms with Crippen molar-refractivity contribution in [3.8, 4) is 0 Å². The van der Waals surface area contributed by atoms with Crippen LogP contribution in [0.2, 0.25) is 0 Å². The zero-order chi connectivity index (χ0) is 14.7. The van der Waals surface area contributed by atoms with Gasteiger partial charge in [-0.1, -0.05) is 46.3 Å². The molecule has 4 nitrogen and oxygen atoms in total. The normalized spacial score (nSPS) is 16.5. The highest BCUT2D eigenvalue weighted by Crippen LogP contribution is 2.28. The summed E-state index contributed by atoms with van der Waals surface area (Å²) < 4.78 is 5.29. The number of hydrogen-bond acceptors (Lipinski definition) is 4. The minimum absolute atomic E-state index is 0.212. The van der Waals surface area contributed by atoms with Gasteiger partial charge in [-0.05, 0) is 26.3 Å². The van der Waals surface area contributed by atoms with E-state index < -0.39 is 23.2 Å². The molecular weight excluding hydrogens is 310 g/mol. The van der Waals surface area contributed by atoms with Crippen LogP contribution in [0.4, 0.5) is 0 Å². The molecule has 106 valence electrons. The molecule has 0 radical (unpaired) electrons. The van der Waals surface area contributed by atoms with E-state index in [2.05, 4.69) is 15.9 Å².